The van der Waals surface area contributed by atoms with E-state index in [-0.39, 0.29) is 5.91 Å². The van der Waals surface area contributed by atoms with Crippen molar-refractivity contribution in [1.82, 2.24) is 14.5 Å². The first-order valence-electron chi connectivity index (χ1n) is 11.4. The molecule has 1 saturated heterocycles. The van der Waals surface area contributed by atoms with Crippen molar-refractivity contribution in [2.45, 2.75) is 69.1 Å². The lowest BCUT2D eigenvalue weighted by Gasteiger charge is -2.20. The molecule has 1 aliphatic heterocycles. The number of sulfonamides is 1. The van der Waals surface area contributed by atoms with Crippen LogP contribution in [0.5, 0.6) is 0 Å². The molecule has 1 amide bonds. The Hall–Kier alpha value is -2.19. The van der Waals surface area contributed by atoms with E-state index in [9.17, 15) is 13.2 Å². The fraction of sp³-hybridized carbons (Fsp3) is 0.565. The topological polar surface area (TPSA) is 95.2 Å². The minimum Gasteiger partial charge on any atom is -0.309 e. The van der Waals surface area contributed by atoms with Crippen molar-refractivity contribution in [3.05, 3.63) is 41.6 Å². The van der Waals surface area contributed by atoms with Gasteiger partial charge < -0.3 is 5.32 Å². The van der Waals surface area contributed by atoms with E-state index in [0.29, 0.717) is 36.6 Å². The second kappa shape index (κ2) is 9.96. The molecule has 8 heteroatoms. The van der Waals surface area contributed by atoms with Crippen LogP contribution in [0.15, 0.2) is 35.2 Å². The first-order valence-corrected chi connectivity index (χ1v) is 12.9. The normalized spacial score (nSPS) is 18.3. The zero-order valence-electron chi connectivity index (χ0n) is 18.0. The van der Waals surface area contributed by atoms with Crippen molar-refractivity contribution in [1.29, 1.82) is 0 Å². The number of carbonyl (C=O) groups excluding carboxylic acids is 1. The molecule has 2 N–H and O–H groups in total. The number of aromatic nitrogens is 2. The maximum absolute atomic E-state index is 12.6. The molecule has 0 atom stereocenters. The number of H-pyrrole nitrogens is 1. The Morgan fingerprint density at radius 2 is 1.77 bits per heavy atom. The number of benzene rings is 1. The predicted octanol–water partition coefficient (Wildman–Crippen LogP) is 3.89. The van der Waals surface area contributed by atoms with Gasteiger partial charge in [-0.3, -0.25) is 9.89 Å². The Morgan fingerprint density at radius 1 is 1.06 bits per heavy atom. The van der Waals surface area contributed by atoms with Crippen LogP contribution in [-0.2, 0) is 27.7 Å². The van der Waals surface area contributed by atoms with Gasteiger partial charge in [-0.15, -0.1) is 0 Å². The van der Waals surface area contributed by atoms with Crippen LogP contribution < -0.4 is 5.32 Å². The fourth-order valence-corrected chi connectivity index (χ4v) is 6.12. The molecule has 0 unspecified atom stereocenters. The molecule has 31 heavy (non-hydrogen) atoms. The maximum Gasteiger partial charge on any atom is 0.243 e. The number of aromatic amines is 1. The van der Waals surface area contributed by atoms with E-state index in [4.69, 9.17) is 0 Å². The van der Waals surface area contributed by atoms with Crippen LogP contribution >= 0.6 is 0 Å². The summed E-state index contributed by atoms with van der Waals surface area (Å²) in [6.45, 7) is 1.19. The highest BCUT2D eigenvalue weighted by atomic mass is 32.2. The monoisotopic (exact) mass is 444 g/mol. The van der Waals surface area contributed by atoms with Crippen LogP contribution in [-0.4, -0.2) is 41.9 Å². The number of carbonyl (C=O) groups is 1. The summed E-state index contributed by atoms with van der Waals surface area (Å²) in [6, 6.07) is 8.82. The lowest BCUT2D eigenvalue weighted by Crippen LogP contribution is -2.27. The Balaban J connectivity index is 1.25. The van der Waals surface area contributed by atoms with Gasteiger partial charge in [0.1, 0.15) is 0 Å². The molecule has 1 aromatic heterocycles. The lowest BCUT2D eigenvalue weighted by molar-refractivity contribution is -0.116. The highest BCUT2D eigenvalue weighted by Gasteiger charge is 2.26. The zero-order valence-corrected chi connectivity index (χ0v) is 18.8. The van der Waals surface area contributed by atoms with Gasteiger partial charge >= 0.3 is 0 Å². The average molecular weight is 445 g/mol. The summed E-state index contributed by atoms with van der Waals surface area (Å²) in [5.41, 5.74) is 2.02. The first-order chi connectivity index (χ1) is 15.0. The largest absolute Gasteiger partial charge is 0.309 e. The molecule has 2 fully saturated rings. The number of aryl methyl sites for hydroxylation is 1. The summed E-state index contributed by atoms with van der Waals surface area (Å²) in [5, 5.41) is 10.1. The van der Waals surface area contributed by atoms with E-state index < -0.39 is 10.0 Å². The van der Waals surface area contributed by atoms with Gasteiger partial charge in [-0.05, 0) is 49.3 Å². The molecule has 0 radical (unpaired) electrons. The van der Waals surface area contributed by atoms with Crippen LogP contribution in [0, 0.1) is 5.92 Å². The standard InChI is InChI=1S/C23H32N4O3S/c28-23(24-22-17-20(25-26-22)16-19-6-2-1-3-7-19)13-10-18-8-11-21(12-9-18)31(29,30)27-14-4-5-15-27/h8-9,11-12,17,19H,1-7,10,13-16H2,(H2,24,25,26,28). The van der Waals surface area contributed by atoms with Crippen molar-refractivity contribution in [3.8, 4) is 0 Å². The van der Waals surface area contributed by atoms with E-state index >= 15 is 0 Å². The quantitative estimate of drug-likeness (QED) is 0.646. The summed E-state index contributed by atoms with van der Waals surface area (Å²) in [7, 11) is -3.39. The molecule has 4 rings (SSSR count). The second-order valence-corrected chi connectivity index (χ2v) is 10.7. The van der Waals surface area contributed by atoms with Crippen molar-refractivity contribution >= 4 is 21.7 Å². The number of nitrogens with zero attached hydrogens (tertiary/aromatic N) is 2. The van der Waals surface area contributed by atoms with Crippen molar-refractivity contribution < 1.29 is 13.2 Å². The van der Waals surface area contributed by atoms with Crippen LogP contribution in [0.4, 0.5) is 5.82 Å². The summed E-state index contributed by atoms with van der Waals surface area (Å²) in [5.74, 6) is 1.20. The average Bonchev–Trinajstić information content (AvgIpc) is 3.46. The van der Waals surface area contributed by atoms with Gasteiger partial charge in [0.15, 0.2) is 5.82 Å². The van der Waals surface area contributed by atoms with Gasteiger partial charge in [0.25, 0.3) is 0 Å². The second-order valence-electron chi connectivity index (χ2n) is 8.79. The van der Waals surface area contributed by atoms with Crippen molar-refractivity contribution in [2.24, 2.45) is 5.92 Å². The van der Waals surface area contributed by atoms with Gasteiger partial charge in [-0.25, -0.2) is 8.42 Å². The highest BCUT2D eigenvalue weighted by molar-refractivity contribution is 7.89. The molecule has 1 aromatic carbocycles. The van der Waals surface area contributed by atoms with Gasteiger partial charge in [0.2, 0.25) is 15.9 Å². The van der Waals surface area contributed by atoms with E-state index in [0.717, 1.165) is 36.4 Å². The molecule has 0 bridgehead atoms. The number of nitrogens with one attached hydrogen (secondary N) is 2. The van der Waals surface area contributed by atoms with E-state index in [1.165, 1.54) is 32.1 Å². The predicted molar refractivity (Wildman–Crippen MR) is 120 cm³/mol. The summed E-state index contributed by atoms with van der Waals surface area (Å²) < 4.78 is 26.7. The van der Waals surface area contributed by atoms with E-state index in [1.54, 1.807) is 28.6 Å². The van der Waals surface area contributed by atoms with E-state index in [2.05, 4.69) is 15.5 Å². The third kappa shape index (κ3) is 5.74. The lowest BCUT2D eigenvalue weighted by atomic mass is 9.86. The summed E-state index contributed by atoms with van der Waals surface area (Å²) in [6.07, 6.45) is 10.2. The molecule has 1 saturated carbocycles. The zero-order chi connectivity index (χ0) is 21.7. The van der Waals surface area contributed by atoms with Crippen LogP contribution in [0.3, 0.4) is 0 Å². The molecule has 2 aromatic rings. The Bertz CT molecular complexity index is 973. The molecule has 7 nitrogen and oxygen atoms in total. The van der Waals surface area contributed by atoms with Crippen LogP contribution in [0.1, 0.15) is 62.6 Å². The SMILES string of the molecule is O=C(CCc1ccc(S(=O)(=O)N2CCCC2)cc1)Nc1cc(CC2CCCCC2)[nH]n1. The fourth-order valence-electron chi connectivity index (χ4n) is 4.60. The number of rotatable bonds is 8. The van der Waals surface area contributed by atoms with Crippen LogP contribution in [0.25, 0.3) is 0 Å². The van der Waals surface area contributed by atoms with Crippen molar-refractivity contribution in [3.63, 3.8) is 0 Å². The number of hydrogen-bond donors (Lipinski definition) is 2. The Morgan fingerprint density at radius 3 is 2.48 bits per heavy atom. The number of amides is 1. The molecular weight excluding hydrogens is 412 g/mol. The van der Waals surface area contributed by atoms with Gasteiger partial charge in [-0.2, -0.15) is 9.40 Å². The molecule has 2 heterocycles. The first kappa shape index (κ1) is 22.0. The minimum atomic E-state index is -3.39. The minimum absolute atomic E-state index is 0.0931. The molecule has 168 valence electrons. The summed E-state index contributed by atoms with van der Waals surface area (Å²) >= 11 is 0. The number of anilines is 1. The van der Waals surface area contributed by atoms with Gasteiger partial charge in [0, 0.05) is 31.3 Å². The Labute approximate surface area is 184 Å². The molecule has 2 aliphatic rings. The third-order valence-electron chi connectivity index (χ3n) is 6.40. The maximum atomic E-state index is 12.6. The molecular formula is C23H32N4O3S. The van der Waals surface area contributed by atoms with E-state index in [1.807, 2.05) is 6.07 Å². The highest BCUT2D eigenvalue weighted by Crippen LogP contribution is 2.27. The summed E-state index contributed by atoms with van der Waals surface area (Å²) in [4.78, 5) is 12.6. The third-order valence-corrected chi connectivity index (χ3v) is 8.31. The molecule has 1 aliphatic carbocycles. The smallest absolute Gasteiger partial charge is 0.243 e. The van der Waals surface area contributed by atoms with Gasteiger partial charge in [0.05, 0.1) is 4.90 Å². The van der Waals surface area contributed by atoms with Crippen LogP contribution in [0.2, 0.25) is 0 Å². The number of hydrogen-bond acceptors (Lipinski definition) is 4. The van der Waals surface area contributed by atoms with Gasteiger partial charge in [-0.1, -0.05) is 44.2 Å². The Kier molecular flexibility index (Phi) is 7.07. The van der Waals surface area contributed by atoms with Crippen molar-refractivity contribution in [2.75, 3.05) is 18.4 Å². The molecule has 0 spiro atoms.